The van der Waals surface area contributed by atoms with Crippen LogP contribution in [0.3, 0.4) is 0 Å². The maximum absolute atomic E-state index is 11.5. The Morgan fingerprint density at radius 3 is 2.46 bits per heavy atom. The Labute approximate surface area is 217 Å². The summed E-state index contributed by atoms with van der Waals surface area (Å²) in [5, 5.41) is 9.96. The van der Waals surface area contributed by atoms with Crippen LogP contribution in [0.5, 0.6) is 5.88 Å². The molecule has 0 fully saturated rings. The fraction of sp³-hybridized carbons (Fsp3) is 0.258. The summed E-state index contributed by atoms with van der Waals surface area (Å²) in [5.41, 5.74) is 7.17. The molecule has 1 aliphatic heterocycles. The van der Waals surface area contributed by atoms with E-state index in [1.807, 2.05) is 6.08 Å². The molecule has 1 N–H and O–H groups in total. The summed E-state index contributed by atoms with van der Waals surface area (Å²) < 4.78 is 8.62. The van der Waals surface area contributed by atoms with Crippen LogP contribution in [0.1, 0.15) is 44.2 Å². The first-order valence-corrected chi connectivity index (χ1v) is 12.5. The predicted molar refractivity (Wildman–Crippen MR) is 148 cm³/mol. The Hall–Kier alpha value is -4.19. The highest BCUT2D eigenvalue weighted by molar-refractivity contribution is 6.28. The van der Waals surface area contributed by atoms with Gasteiger partial charge in [0.1, 0.15) is 5.76 Å². The molecular formula is C31H33N2O4+. The standard InChI is InChI=1S/C19H20N.C12H13NO4/c1-4-12-20-15(3)14(2)18-13-17(10-11-19(18)20)16-8-6-5-7-9-16;1-3-13-10(15)5-4-7(12(13)16)11-8(14)6-9(11)17-2/h4-11,13-14H,1,12H2,2-3H3;4-5,16H,3,6H2,1-2H3/q+1;. The molecule has 6 nitrogen and oxygen atoms in total. The Kier molecular flexibility index (Phi) is 7.58. The number of hydrogen-bond donors (Lipinski definition) is 1. The SMILES string of the molecule is C=CC[N+]1=C(C)C(C)c2cc(-c3ccccc3)ccc21.CCn1c(O)c(C2=C(OC)CC2=O)ccc1=O. The number of allylic oxidation sites excluding steroid dienone is 2. The number of aromatic hydroxyl groups is 1. The number of ketones is 1. The second-order valence-electron chi connectivity index (χ2n) is 9.16. The number of benzene rings is 2. The summed E-state index contributed by atoms with van der Waals surface area (Å²) in [7, 11) is 1.48. The number of Topliss-reactive ketones (excluding diaryl/α,β-unsaturated/α-hetero) is 1. The molecule has 2 aliphatic rings. The van der Waals surface area contributed by atoms with Gasteiger partial charge in [0, 0.05) is 36.7 Å². The van der Waals surface area contributed by atoms with Gasteiger partial charge < -0.3 is 9.84 Å². The molecule has 37 heavy (non-hydrogen) atoms. The second-order valence-corrected chi connectivity index (χ2v) is 9.16. The number of hydrogen-bond acceptors (Lipinski definition) is 4. The van der Waals surface area contributed by atoms with Crippen molar-refractivity contribution in [3.05, 3.63) is 101 Å². The third kappa shape index (κ3) is 4.79. The van der Waals surface area contributed by atoms with E-state index in [1.165, 1.54) is 51.9 Å². The molecule has 0 radical (unpaired) electrons. The van der Waals surface area contributed by atoms with Gasteiger partial charge in [0.05, 0.1) is 25.0 Å². The highest BCUT2D eigenvalue weighted by Crippen LogP contribution is 2.38. The maximum atomic E-state index is 11.5. The van der Waals surface area contributed by atoms with Crippen LogP contribution < -0.4 is 5.56 Å². The van der Waals surface area contributed by atoms with Gasteiger partial charge in [-0.2, -0.15) is 4.58 Å². The van der Waals surface area contributed by atoms with Crippen molar-refractivity contribution in [1.82, 2.24) is 4.57 Å². The quantitative estimate of drug-likeness (QED) is 0.352. The Bertz CT molecular complexity index is 1480. The van der Waals surface area contributed by atoms with Crippen molar-refractivity contribution in [2.75, 3.05) is 13.7 Å². The van der Waals surface area contributed by atoms with Crippen molar-refractivity contribution < 1.29 is 19.2 Å². The zero-order valence-electron chi connectivity index (χ0n) is 21.8. The molecule has 0 saturated heterocycles. The van der Waals surface area contributed by atoms with Crippen LogP contribution in [0, 0.1) is 0 Å². The minimum atomic E-state index is -0.292. The number of rotatable bonds is 6. The molecule has 1 atom stereocenters. The van der Waals surface area contributed by atoms with Crippen LogP contribution in [-0.2, 0) is 16.1 Å². The lowest BCUT2D eigenvalue weighted by Crippen LogP contribution is -2.23. The van der Waals surface area contributed by atoms with E-state index in [0.717, 1.165) is 6.54 Å². The first kappa shape index (κ1) is 25.9. The maximum Gasteiger partial charge on any atom is 0.253 e. The first-order chi connectivity index (χ1) is 17.8. The van der Waals surface area contributed by atoms with Gasteiger partial charge >= 0.3 is 0 Å². The Morgan fingerprint density at radius 1 is 1.11 bits per heavy atom. The zero-order valence-corrected chi connectivity index (χ0v) is 21.8. The van der Waals surface area contributed by atoms with Crippen LogP contribution in [-0.4, -0.2) is 39.4 Å². The molecule has 1 unspecified atom stereocenters. The smallest absolute Gasteiger partial charge is 0.253 e. The largest absolute Gasteiger partial charge is 0.500 e. The summed E-state index contributed by atoms with van der Waals surface area (Å²) in [6, 6.07) is 20.2. The molecule has 190 valence electrons. The Morgan fingerprint density at radius 2 is 1.84 bits per heavy atom. The molecule has 1 aromatic heterocycles. The Balaban J connectivity index is 0.000000176. The zero-order chi connectivity index (χ0) is 26.7. The van der Waals surface area contributed by atoms with E-state index in [-0.39, 0.29) is 23.6 Å². The molecular weight excluding hydrogens is 464 g/mol. The van der Waals surface area contributed by atoms with E-state index in [1.54, 1.807) is 6.92 Å². The van der Waals surface area contributed by atoms with Gasteiger partial charge in [0.15, 0.2) is 18.0 Å². The average molecular weight is 498 g/mol. The predicted octanol–water partition coefficient (Wildman–Crippen LogP) is 5.67. The highest BCUT2D eigenvalue weighted by Gasteiger charge is 2.33. The van der Waals surface area contributed by atoms with Crippen molar-refractivity contribution in [2.24, 2.45) is 0 Å². The van der Waals surface area contributed by atoms with E-state index >= 15 is 0 Å². The number of methoxy groups -OCH3 is 1. The van der Waals surface area contributed by atoms with Gasteiger partial charge in [0.2, 0.25) is 11.6 Å². The number of aromatic nitrogens is 1. The molecule has 0 spiro atoms. The fourth-order valence-corrected chi connectivity index (χ4v) is 4.89. The minimum absolute atomic E-state index is 0.0848. The molecule has 2 aromatic carbocycles. The number of pyridine rings is 1. The molecule has 2 heterocycles. The van der Waals surface area contributed by atoms with Crippen molar-refractivity contribution in [2.45, 2.75) is 39.7 Å². The lowest BCUT2D eigenvalue weighted by molar-refractivity contribution is -0.426. The molecule has 0 amide bonds. The van der Waals surface area contributed by atoms with Crippen molar-refractivity contribution in [1.29, 1.82) is 0 Å². The van der Waals surface area contributed by atoms with Crippen LogP contribution in [0.25, 0.3) is 16.7 Å². The highest BCUT2D eigenvalue weighted by atomic mass is 16.5. The molecule has 0 bridgehead atoms. The van der Waals surface area contributed by atoms with E-state index in [4.69, 9.17) is 4.74 Å². The molecule has 0 saturated carbocycles. The fourth-order valence-electron chi connectivity index (χ4n) is 4.89. The van der Waals surface area contributed by atoms with E-state index in [0.29, 0.717) is 29.4 Å². The third-order valence-corrected chi connectivity index (χ3v) is 7.12. The molecule has 6 heteroatoms. The number of carbonyl (C=O) groups excluding carboxylic acids is 1. The molecule has 1 aliphatic carbocycles. The first-order valence-electron chi connectivity index (χ1n) is 12.5. The average Bonchev–Trinajstić information content (AvgIpc) is 3.14. The number of ether oxygens (including phenoxy) is 1. The topological polar surface area (TPSA) is 71.5 Å². The number of fused-ring (bicyclic) bond motifs is 1. The normalized spacial score (nSPS) is 16.1. The lowest BCUT2D eigenvalue weighted by Gasteiger charge is -2.22. The summed E-state index contributed by atoms with van der Waals surface area (Å²) >= 11 is 0. The van der Waals surface area contributed by atoms with Crippen LogP contribution >= 0.6 is 0 Å². The van der Waals surface area contributed by atoms with Crippen LogP contribution in [0.4, 0.5) is 5.69 Å². The van der Waals surface area contributed by atoms with Gasteiger partial charge in [-0.25, -0.2) is 0 Å². The van der Waals surface area contributed by atoms with Crippen LogP contribution in [0.2, 0.25) is 0 Å². The molecule has 5 rings (SSSR count). The van der Waals surface area contributed by atoms with Gasteiger partial charge in [-0.05, 0) is 49.2 Å². The van der Waals surface area contributed by atoms with E-state index in [2.05, 4.69) is 73.5 Å². The monoisotopic (exact) mass is 497 g/mol. The van der Waals surface area contributed by atoms with Gasteiger partial charge in [-0.15, -0.1) is 0 Å². The summed E-state index contributed by atoms with van der Waals surface area (Å²) in [6.45, 7) is 11.4. The van der Waals surface area contributed by atoms with E-state index in [9.17, 15) is 14.7 Å². The van der Waals surface area contributed by atoms with E-state index < -0.39 is 0 Å². The number of carbonyl (C=O) groups is 1. The third-order valence-electron chi connectivity index (χ3n) is 7.12. The van der Waals surface area contributed by atoms with Crippen molar-refractivity contribution >= 4 is 22.8 Å². The summed E-state index contributed by atoms with van der Waals surface area (Å²) in [6.07, 6.45) is 2.22. The minimum Gasteiger partial charge on any atom is -0.500 e. The molecule has 3 aromatic rings. The summed E-state index contributed by atoms with van der Waals surface area (Å²) in [5.74, 6) is 0.760. The van der Waals surface area contributed by atoms with Crippen molar-refractivity contribution in [3.8, 4) is 17.0 Å². The van der Waals surface area contributed by atoms with Crippen molar-refractivity contribution in [3.63, 3.8) is 0 Å². The lowest BCUT2D eigenvalue weighted by atomic mass is 9.88. The van der Waals surface area contributed by atoms with Gasteiger partial charge in [-0.1, -0.05) is 36.9 Å². The van der Waals surface area contributed by atoms with Crippen LogP contribution in [0.15, 0.2) is 83.9 Å². The second kappa shape index (κ2) is 10.8. The number of nitrogens with zero attached hydrogens (tertiary/aromatic N) is 2. The van der Waals surface area contributed by atoms with Gasteiger partial charge in [-0.3, -0.25) is 14.2 Å². The van der Waals surface area contributed by atoms with Gasteiger partial charge in [0.25, 0.3) is 5.56 Å². The summed E-state index contributed by atoms with van der Waals surface area (Å²) in [4.78, 5) is 23.0.